The first kappa shape index (κ1) is 68.1. The van der Waals surface area contributed by atoms with E-state index in [2.05, 4.69) is 10.6 Å². The summed E-state index contributed by atoms with van der Waals surface area (Å²) in [6.45, 7) is -2.13. The largest absolute Gasteiger partial charge is 0.394 e. The first-order valence-electron chi connectivity index (χ1n) is 26.5. The third-order valence-electron chi connectivity index (χ3n) is 15.3. The molecule has 1 unspecified atom stereocenters. The van der Waals surface area contributed by atoms with E-state index < -0.39 is 266 Å². The zero-order valence-corrected chi connectivity index (χ0v) is 44.5. The third-order valence-corrected chi connectivity index (χ3v) is 15.3. The van der Waals surface area contributed by atoms with Gasteiger partial charge >= 0.3 is 0 Å². The Morgan fingerprint density at radius 1 is 0.337 bits per heavy atom. The average molecular weight is 1220 g/mol. The molecule has 0 aliphatic carbocycles. The topological polar surface area (TPSA) is 583 Å². The summed E-state index contributed by atoms with van der Waals surface area (Å²) in [7, 11) is 0. The van der Waals surface area contributed by atoms with Gasteiger partial charge in [0.1, 0.15) is 165 Å². The number of carbonyl (C=O) groups is 2. The summed E-state index contributed by atoms with van der Waals surface area (Å²) in [5.41, 5.74) is 0. The van der Waals surface area contributed by atoms with Crippen LogP contribution in [0.5, 0.6) is 0 Å². The van der Waals surface area contributed by atoms with Crippen LogP contribution in [0.15, 0.2) is 0 Å². The van der Waals surface area contributed by atoms with Gasteiger partial charge in [0.2, 0.25) is 11.8 Å². The number of hydrogen-bond donors (Lipinski definition) is 22. The van der Waals surface area contributed by atoms with E-state index in [0.29, 0.717) is 0 Å². The molecule has 0 bridgehead atoms. The van der Waals surface area contributed by atoms with Gasteiger partial charge in [-0.1, -0.05) is 0 Å². The molecule has 37 nitrogen and oxygen atoms in total. The highest BCUT2D eigenvalue weighted by molar-refractivity contribution is 5.73. The Kier molecular flexibility index (Phi) is 24.0. The van der Waals surface area contributed by atoms with Crippen molar-refractivity contribution >= 4 is 11.8 Å². The predicted octanol–water partition coefficient (Wildman–Crippen LogP) is -15.0. The maximum atomic E-state index is 12.8. The number of carbonyl (C=O) groups excluding carboxylic acids is 2. The molecule has 0 aromatic rings. The van der Waals surface area contributed by atoms with Crippen molar-refractivity contribution in [3.8, 4) is 0 Å². The van der Waals surface area contributed by atoms with Gasteiger partial charge in [-0.15, -0.1) is 0 Å². The lowest BCUT2D eigenvalue weighted by molar-refractivity contribution is -0.384. The van der Waals surface area contributed by atoms with Crippen LogP contribution in [0.3, 0.4) is 0 Å². The van der Waals surface area contributed by atoms with E-state index in [0.717, 1.165) is 13.8 Å². The second-order valence-corrected chi connectivity index (χ2v) is 21.1. The summed E-state index contributed by atoms with van der Waals surface area (Å²) < 4.78 is 74.5. The number of aliphatic hydroxyl groups is 20. The standard InChI is InChI=1S/C46H78N2O35/c1-10-36(80-44-32(66)28(62)22(56)14(5-50)76-44)30(64)34(68)42(73-10)72-9-18-38(25(59)19(40(70)74-18)47-11(2)53)81-41-20(48-12(3)54)26(60)37(16(7-52)78-41)82-46-35(69)39(83-45-33(67)29(63)23(57)15(6-51)77-45)24(58)17(79-46)8-71-43-31(65)27(61)21(55)13(4-49)75-43/h10,13-46,49-52,55-70H,4-9H2,1-3H3,(H,47,53)(H,48,54)/t10-,13+,14+,15+,16+,17+,18+,19+,20+,21+,22-,23+,24+,25+,26+,27-,28-,29-,30-,31-,32+,33-,34-,35-,36+,37+,38+,39-,40?,41-,42+,43-,44-,45+,46-/m0/s1. The molecule has 0 saturated carbocycles. The fraction of sp³-hybridized carbons (Fsp3) is 0.957. The lowest BCUT2D eigenvalue weighted by atomic mass is 9.93. The monoisotopic (exact) mass is 1220 g/mol. The number of nitrogens with one attached hydrogen (secondary N) is 2. The zero-order chi connectivity index (χ0) is 61.2. The van der Waals surface area contributed by atoms with Gasteiger partial charge in [0.25, 0.3) is 0 Å². The number of rotatable bonds is 20. The van der Waals surface area contributed by atoms with Crippen molar-refractivity contribution in [2.24, 2.45) is 0 Å². The fourth-order valence-electron chi connectivity index (χ4n) is 10.6. The van der Waals surface area contributed by atoms with Crippen molar-refractivity contribution in [1.82, 2.24) is 10.6 Å². The molecular formula is C46H78N2O35. The maximum absolute atomic E-state index is 12.8. The highest BCUT2D eigenvalue weighted by atomic mass is 16.8. The molecule has 7 aliphatic rings. The molecule has 0 radical (unpaired) electrons. The smallest absolute Gasteiger partial charge is 0.217 e. The first-order valence-corrected chi connectivity index (χ1v) is 26.5. The molecular weight excluding hydrogens is 1140 g/mol. The lowest BCUT2D eigenvalue weighted by Crippen LogP contribution is -2.70. The fourth-order valence-corrected chi connectivity index (χ4v) is 10.6. The summed E-state index contributed by atoms with van der Waals surface area (Å²) in [5.74, 6) is -1.68. The minimum atomic E-state index is -2.27. The molecule has 7 fully saturated rings. The number of hydrogen-bond acceptors (Lipinski definition) is 35. The van der Waals surface area contributed by atoms with E-state index in [9.17, 15) is 112 Å². The summed E-state index contributed by atoms with van der Waals surface area (Å²) in [4.78, 5) is 25.1. The van der Waals surface area contributed by atoms with Crippen LogP contribution >= 0.6 is 0 Å². The van der Waals surface area contributed by atoms with Crippen LogP contribution in [-0.2, 0) is 71.2 Å². The minimum absolute atomic E-state index is 0.795. The molecule has 7 rings (SSSR count). The molecule has 0 aromatic carbocycles. The van der Waals surface area contributed by atoms with Crippen LogP contribution in [0.4, 0.5) is 0 Å². The third kappa shape index (κ3) is 14.9. The SMILES string of the molecule is CC(=O)N[C@H]1[C@H](O[C@H]2[C@H](O)[C@@H](NC(C)=O)C(O)O[C@@H]2CO[C@@H]2O[C@@H](C)[C@@H](O[C@@H]3O[C@H](CO)[C@H](O)[C@H](O)[C@H]3O)[C@@H](O)[C@@H]2O)O[C@H](CO)[C@@H](O[C@@H]2O[C@H](CO[C@H]3O[C@H](CO)[C@@H](O)[C@H](O)[C@@H]3O)[C@@H](O)[C@H](O[C@H]3O[C@H](CO)[C@@H](O)[C@H](O)[C@@H]3O)[C@@H]2O)[C@@H]1O. The molecule has 2 amide bonds. The molecule has 0 aromatic heterocycles. The van der Waals surface area contributed by atoms with Gasteiger partial charge < -0.3 is 174 Å². The van der Waals surface area contributed by atoms with E-state index >= 15 is 0 Å². The zero-order valence-electron chi connectivity index (χ0n) is 44.5. The molecule has 7 saturated heterocycles. The molecule has 83 heavy (non-hydrogen) atoms. The molecule has 37 heteroatoms. The number of aliphatic hydroxyl groups excluding tert-OH is 20. The Labute approximate surface area is 470 Å². The van der Waals surface area contributed by atoms with Crippen molar-refractivity contribution in [3.63, 3.8) is 0 Å². The van der Waals surface area contributed by atoms with E-state index in [-0.39, 0.29) is 0 Å². The van der Waals surface area contributed by atoms with Gasteiger partial charge in [0.05, 0.1) is 45.7 Å². The Morgan fingerprint density at radius 3 is 1.20 bits per heavy atom. The Hall–Kier alpha value is -2.38. The van der Waals surface area contributed by atoms with Crippen molar-refractivity contribution < 1.29 is 173 Å². The Balaban J connectivity index is 1.11. The first-order chi connectivity index (χ1) is 39.2. The number of amides is 2. The summed E-state index contributed by atoms with van der Waals surface area (Å²) in [6.07, 6.45) is -61.9. The van der Waals surface area contributed by atoms with Crippen LogP contribution in [0.25, 0.3) is 0 Å². The van der Waals surface area contributed by atoms with Gasteiger partial charge in [-0.3, -0.25) is 9.59 Å². The van der Waals surface area contributed by atoms with E-state index in [1.807, 2.05) is 0 Å². The molecule has 482 valence electrons. The van der Waals surface area contributed by atoms with Crippen LogP contribution in [-0.4, -0.2) is 368 Å². The molecule has 0 spiro atoms. The van der Waals surface area contributed by atoms with E-state index in [1.54, 1.807) is 0 Å². The van der Waals surface area contributed by atoms with Crippen LogP contribution in [0.2, 0.25) is 0 Å². The minimum Gasteiger partial charge on any atom is -0.394 e. The predicted molar refractivity (Wildman–Crippen MR) is 254 cm³/mol. The summed E-state index contributed by atoms with van der Waals surface area (Å²) in [6, 6.07) is -3.54. The van der Waals surface area contributed by atoms with Crippen molar-refractivity contribution in [2.75, 3.05) is 39.6 Å². The van der Waals surface area contributed by atoms with Crippen molar-refractivity contribution in [2.45, 2.75) is 236 Å². The summed E-state index contributed by atoms with van der Waals surface area (Å²) >= 11 is 0. The lowest BCUT2D eigenvalue weighted by Gasteiger charge is -2.50. The Bertz CT molecular complexity index is 2040. The van der Waals surface area contributed by atoms with E-state index in [1.165, 1.54) is 6.92 Å². The van der Waals surface area contributed by atoms with Crippen molar-refractivity contribution in [1.29, 1.82) is 0 Å². The average Bonchev–Trinajstić information content (AvgIpc) is 3.10. The molecule has 7 aliphatic heterocycles. The molecule has 35 atom stereocenters. The highest BCUT2D eigenvalue weighted by Crippen LogP contribution is 2.37. The van der Waals surface area contributed by atoms with Gasteiger partial charge in [0.15, 0.2) is 44.0 Å². The second kappa shape index (κ2) is 29.3. The number of ether oxygens (including phenoxy) is 13. The van der Waals surface area contributed by atoms with Crippen molar-refractivity contribution in [3.05, 3.63) is 0 Å². The highest BCUT2D eigenvalue weighted by Gasteiger charge is 2.58. The van der Waals surface area contributed by atoms with Crippen LogP contribution in [0.1, 0.15) is 20.8 Å². The molecule has 7 heterocycles. The van der Waals surface area contributed by atoms with Gasteiger partial charge in [0, 0.05) is 13.8 Å². The van der Waals surface area contributed by atoms with Gasteiger partial charge in [-0.25, -0.2) is 0 Å². The maximum Gasteiger partial charge on any atom is 0.217 e. The normalized spacial score (nSPS) is 50.8. The quantitative estimate of drug-likeness (QED) is 0.0538. The van der Waals surface area contributed by atoms with Crippen LogP contribution < -0.4 is 10.6 Å². The van der Waals surface area contributed by atoms with E-state index in [4.69, 9.17) is 61.6 Å². The van der Waals surface area contributed by atoms with Gasteiger partial charge in [-0.05, 0) is 6.92 Å². The van der Waals surface area contributed by atoms with Crippen LogP contribution in [0, 0.1) is 0 Å². The summed E-state index contributed by atoms with van der Waals surface area (Å²) in [5, 5.41) is 219. The molecule has 22 N–H and O–H groups in total. The second-order valence-electron chi connectivity index (χ2n) is 21.1. The Morgan fingerprint density at radius 2 is 0.699 bits per heavy atom. The van der Waals surface area contributed by atoms with Gasteiger partial charge in [-0.2, -0.15) is 0 Å².